The van der Waals surface area contributed by atoms with Gasteiger partial charge >= 0.3 is 5.97 Å². The molecule has 0 aliphatic carbocycles. The van der Waals surface area contributed by atoms with Gasteiger partial charge in [0.2, 0.25) is 0 Å². The number of benzene rings is 1. The van der Waals surface area contributed by atoms with Crippen molar-refractivity contribution in [2.24, 2.45) is 5.73 Å². The maximum atomic E-state index is 11.7. The van der Waals surface area contributed by atoms with Crippen molar-refractivity contribution in [1.82, 2.24) is 4.98 Å². The molecule has 2 aromatic rings. The van der Waals surface area contributed by atoms with E-state index < -0.39 is 12.0 Å². The summed E-state index contributed by atoms with van der Waals surface area (Å²) < 4.78 is 4.77. The Kier molecular flexibility index (Phi) is 5.77. The Morgan fingerprint density at radius 1 is 1.38 bits per heavy atom. The van der Waals surface area contributed by atoms with Gasteiger partial charge in [0.1, 0.15) is 6.04 Å². The second-order valence-corrected chi connectivity index (χ2v) is 5.72. The van der Waals surface area contributed by atoms with Gasteiger partial charge in [0, 0.05) is 28.9 Å². The molecule has 4 nitrogen and oxygen atoms in total. The first-order chi connectivity index (χ1) is 11.5. The van der Waals surface area contributed by atoms with Gasteiger partial charge in [-0.3, -0.25) is 4.79 Å². The molecule has 3 N–H and O–H groups in total. The molecule has 0 radical (unpaired) electrons. The maximum Gasteiger partial charge on any atom is 0.322 e. The van der Waals surface area contributed by atoms with E-state index in [2.05, 4.69) is 25.1 Å². The number of para-hydroxylation sites is 1. The van der Waals surface area contributed by atoms with E-state index in [1.807, 2.05) is 36.4 Å². The number of carbonyl (C=O) groups is 1. The number of hydrogen-bond acceptors (Lipinski definition) is 3. The number of rotatable bonds is 7. The summed E-state index contributed by atoms with van der Waals surface area (Å²) >= 11 is 0. The summed E-state index contributed by atoms with van der Waals surface area (Å²) in [5.41, 5.74) is 10.1. The first-order valence-corrected chi connectivity index (χ1v) is 7.91. The van der Waals surface area contributed by atoms with Crippen molar-refractivity contribution in [2.75, 3.05) is 7.11 Å². The topological polar surface area (TPSA) is 68.1 Å². The van der Waals surface area contributed by atoms with Gasteiger partial charge in [-0.1, -0.05) is 56.5 Å². The van der Waals surface area contributed by atoms with Crippen molar-refractivity contribution in [1.29, 1.82) is 0 Å². The number of methoxy groups -OCH3 is 1. The fraction of sp³-hybridized carbons (Fsp3) is 0.250. The lowest BCUT2D eigenvalue weighted by Crippen LogP contribution is -2.34. The van der Waals surface area contributed by atoms with Crippen LogP contribution >= 0.6 is 0 Å². The molecule has 2 unspecified atom stereocenters. The number of aromatic nitrogens is 1. The van der Waals surface area contributed by atoms with E-state index in [-0.39, 0.29) is 5.92 Å². The van der Waals surface area contributed by atoms with Gasteiger partial charge in [-0.15, -0.1) is 0 Å². The van der Waals surface area contributed by atoms with E-state index in [9.17, 15) is 4.79 Å². The zero-order valence-electron chi connectivity index (χ0n) is 14.2. The second kappa shape index (κ2) is 7.79. The van der Waals surface area contributed by atoms with Crippen molar-refractivity contribution in [3.63, 3.8) is 0 Å². The Morgan fingerprint density at radius 2 is 2.08 bits per heavy atom. The van der Waals surface area contributed by atoms with Crippen LogP contribution in [-0.2, 0) is 16.0 Å². The summed E-state index contributed by atoms with van der Waals surface area (Å²) in [6, 6.07) is 7.31. The molecule has 0 saturated heterocycles. The van der Waals surface area contributed by atoms with Crippen LogP contribution in [0.4, 0.5) is 0 Å². The van der Waals surface area contributed by atoms with Gasteiger partial charge < -0.3 is 15.5 Å². The fourth-order valence-corrected chi connectivity index (χ4v) is 2.96. The van der Waals surface area contributed by atoms with E-state index in [0.29, 0.717) is 6.42 Å². The minimum Gasteiger partial charge on any atom is -0.468 e. The highest BCUT2D eigenvalue weighted by molar-refractivity contribution is 5.86. The van der Waals surface area contributed by atoms with E-state index in [1.54, 1.807) is 6.08 Å². The number of aromatic amines is 1. The standard InChI is InChI=1S/C20H24N2O2/c1-5-9-14(6-2)13(3)19-16(12-17(21)20(23)24-4)15-10-7-8-11-18(15)22-19/h5-11,13,17,22H,1-2,12,21H2,3-4H3/b14-9+. The van der Waals surface area contributed by atoms with Crippen molar-refractivity contribution >= 4 is 16.9 Å². The van der Waals surface area contributed by atoms with Gasteiger partial charge in [-0.25, -0.2) is 0 Å². The highest BCUT2D eigenvalue weighted by Crippen LogP contribution is 2.33. The zero-order valence-corrected chi connectivity index (χ0v) is 14.2. The van der Waals surface area contributed by atoms with Crippen LogP contribution in [0.5, 0.6) is 0 Å². The molecule has 0 aliphatic rings. The van der Waals surface area contributed by atoms with E-state index in [1.165, 1.54) is 7.11 Å². The molecule has 24 heavy (non-hydrogen) atoms. The van der Waals surface area contributed by atoms with Crippen LogP contribution < -0.4 is 5.73 Å². The lowest BCUT2D eigenvalue weighted by Gasteiger charge is -2.16. The normalized spacial score (nSPS) is 14.2. The molecule has 0 bridgehead atoms. The molecule has 1 aromatic carbocycles. The van der Waals surface area contributed by atoms with Gasteiger partial charge in [-0.2, -0.15) is 0 Å². The molecule has 0 saturated carbocycles. The van der Waals surface area contributed by atoms with Crippen LogP contribution in [0.1, 0.15) is 24.1 Å². The molecule has 1 heterocycles. The number of allylic oxidation sites excluding steroid dienone is 4. The third-order valence-electron chi connectivity index (χ3n) is 4.25. The second-order valence-electron chi connectivity index (χ2n) is 5.72. The summed E-state index contributed by atoms with van der Waals surface area (Å²) in [4.78, 5) is 15.2. The summed E-state index contributed by atoms with van der Waals surface area (Å²) in [6.45, 7) is 9.73. The summed E-state index contributed by atoms with van der Waals surface area (Å²) in [6.07, 6.45) is 5.92. The Labute approximate surface area is 142 Å². The molecule has 0 fully saturated rings. The summed E-state index contributed by atoms with van der Waals surface area (Å²) in [5.74, 6) is -0.336. The van der Waals surface area contributed by atoms with E-state index in [0.717, 1.165) is 27.7 Å². The van der Waals surface area contributed by atoms with Crippen LogP contribution in [0, 0.1) is 0 Å². The highest BCUT2D eigenvalue weighted by Gasteiger charge is 2.23. The molecular weight excluding hydrogens is 300 g/mol. The number of fused-ring (bicyclic) bond motifs is 1. The molecule has 2 rings (SSSR count). The monoisotopic (exact) mass is 324 g/mol. The first kappa shape index (κ1) is 17.8. The van der Waals surface area contributed by atoms with E-state index >= 15 is 0 Å². The lowest BCUT2D eigenvalue weighted by atomic mass is 9.91. The van der Waals surface area contributed by atoms with Crippen molar-refractivity contribution in [3.05, 3.63) is 72.5 Å². The van der Waals surface area contributed by atoms with Crippen LogP contribution in [0.3, 0.4) is 0 Å². The van der Waals surface area contributed by atoms with Crippen LogP contribution in [-0.4, -0.2) is 24.1 Å². The first-order valence-electron chi connectivity index (χ1n) is 7.91. The molecule has 0 aliphatic heterocycles. The Balaban J connectivity index is 2.54. The molecule has 4 heteroatoms. The largest absolute Gasteiger partial charge is 0.468 e. The van der Waals surface area contributed by atoms with E-state index in [4.69, 9.17) is 10.5 Å². The van der Waals surface area contributed by atoms with Crippen LogP contribution in [0.15, 0.2) is 61.2 Å². The number of H-pyrrole nitrogens is 1. The van der Waals surface area contributed by atoms with Gasteiger partial charge in [0.25, 0.3) is 0 Å². The molecular formula is C20H24N2O2. The number of ether oxygens (including phenoxy) is 1. The molecule has 2 atom stereocenters. The molecule has 0 spiro atoms. The Hall–Kier alpha value is -2.59. The third kappa shape index (κ3) is 3.49. The predicted molar refractivity (Wildman–Crippen MR) is 98.9 cm³/mol. The fourth-order valence-electron chi connectivity index (χ4n) is 2.96. The number of nitrogens with one attached hydrogen (secondary N) is 1. The van der Waals surface area contributed by atoms with Gasteiger partial charge in [0.05, 0.1) is 7.11 Å². The van der Waals surface area contributed by atoms with Crippen molar-refractivity contribution < 1.29 is 9.53 Å². The SMILES string of the molecule is C=C/C=C(\C=C)C(C)c1[nH]c2ccccc2c1CC(N)C(=O)OC. The molecule has 126 valence electrons. The molecule has 1 aromatic heterocycles. The average Bonchev–Trinajstić information content (AvgIpc) is 2.96. The summed E-state index contributed by atoms with van der Waals surface area (Å²) in [7, 11) is 1.35. The Morgan fingerprint density at radius 3 is 2.71 bits per heavy atom. The zero-order chi connectivity index (χ0) is 17.7. The number of carbonyl (C=O) groups excluding carboxylic acids is 1. The smallest absolute Gasteiger partial charge is 0.322 e. The molecule has 0 amide bonds. The minimum absolute atomic E-state index is 0.0766. The average molecular weight is 324 g/mol. The maximum absolute atomic E-state index is 11.7. The minimum atomic E-state index is -0.698. The van der Waals surface area contributed by atoms with Crippen molar-refractivity contribution in [3.8, 4) is 0 Å². The lowest BCUT2D eigenvalue weighted by molar-refractivity contribution is -0.142. The number of esters is 1. The number of hydrogen-bond donors (Lipinski definition) is 2. The van der Waals surface area contributed by atoms with Crippen LogP contribution in [0.25, 0.3) is 10.9 Å². The van der Waals surface area contributed by atoms with Gasteiger partial charge in [-0.05, 0) is 17.2 Å². The Bertz CT molecular complexity index is 786. The predicted octanol–water partition coefficient (Wildman–Crippen LogP) is 3.61. The quantitative estimate of drug-likeness (QED) is 0.604. The highest BCUT2D eigenvalue weighted by atomic mass is 16.5. The third-order valence-corrected chi connectivity index (χ3v) is 4.25. The summed E-state index contributed by atoms with van der Waals surface area (Å²) in [5, 5.41) is 1.07. The van der Waals surface area contributed by atoms with Gasteiger partial charge in [0.15, 0.2) is 0 Å². The number of nitrogens with two attached hydrogens (primary N) is 1. The van der Waals surface area contributed by atoms with Crippen molar-refractivity contribution in [2.45, 2.75) is 25.3 Å². The van der Waals surface area contributed by atoms with Crippen LogP contribution in [0.2, 0.25) is 0 Å².